The van der Waals surface area contributed by atoms with Crippen LogP contribution < -0.4 is 9.47 Å². The van der Waals surface area contributed by atoms with Crippen molar-refractivity contribution < 1.29 is 19.5 Å². The van der Waals surface area contributed by atoms with Crippen molar-refractivity contribution in [3.8, 4) is 11.5 Å². The molecule has 118 valence electrons. The maximum Gasteiger partial charge on any atom is 0.336 e. The predicted molar refractivity (Wildman–Crippen MR) is 88.5 cm³/mol. The zero-order valence-corrected chi connectivity index (χ0v) is 13.0. The summed E-state index contributed by atoms with van der Waals surface area (Å²) < 4.78 is 10.4. The molecule has 2 aromatic carbocycles. The molecule has 23 heavy (non-hydrogen) atoms. The summed E-state index contributed by atoms with van der Waals surface area (Å²) in [4.78, 5) is 11.9. The average Bonchev–Trinajstić information content (AvgIpc) is 2.56. The maximum atomic E-state index is 11.9. The van der Waals surface area contributed by atoms with E-state index in [0.717, 1.165) is 5.56 Å². The van der Waals surface area contributed by atoms with Gasteiger partial charge in [0.25, 0.3) is 0 Å². The lowest BCUT2D eigenvalue weighted by Crippen LogP contribution is -2.05. The quantitative estimate of drug-likeness (QED) is 0.226. The number of methoxy groups -OCH3 is 1. The second kappa shape index (κ2) is 8.00. The van der Waals surface area contributed by atoms with Crippen molar-refractivity contribution in [2.45, 2.75) is 0 Å². The number of hydrogen-bond acceptors (Lipinski definition) is 5. The number of rotatable bonds is 5. The largest absolute Gasteiger partial charge is 0.493 e. The summed E-state index contributed by atoms with van der Waals surface area (Å²) in [5.41, 5.74) is 1.44. The van der Waals surface area contributed by atoms with Gasteiger partial charge in [0, 0.05) is 16.7 Å². The number of carbonyl (C=O) groups is 1. The summed E-state index contributed by atoms with van der Waals surface area (Å²) in [5, 5.41) is 12.1. The van der Waals surface area contributed by atoms with E-state index in [2.05, 4.69) is 5.16 Å². The monoisotopic (exact) mass is 331 g/mol. The van der Waals surface area contributed by atoms with E-state index in [9.17, 15) is 4.79 Å². The number of ether oxygens (including phenoxy) is 2. The van der Waals surface area contributed by atoms with Crippen molar-refractivity contribution >= 4 is 29.9 Å². The molecule has 0 saturated carbocycles. The fraction of sp³-hybridized carbons (Fsp3) is 0.0588. The third-order valence-corrected chi connectivity index (χ3v) is 3.14. The van der Waals surface area contributed by atoms with Crippen LogP contribution in [-0.4, -0.2) is 24.5 Å². The number of esters is 1. The zero-order chi connectivity index (χ0) is 16.7. The lowest BCUT2D eigenvalue weighted by molar-refractivity contribution is -0.129. The molecule has 0 atom stereocenters. The van der Waals surface area contributed by atoms with Gasteiger partial charge >= 0.3 is 5.97 Å². The van der Waals surface area contributed by atoms with Crippen molar-refractivity contribution in [3.05, 3.63) is 64.7 Å². The number of carbonyl (C=O) groups excluding carboxylic acids is 1. The molecule has 0 fully saturated rings. The Bertz CT molecular complexity index is 739. The number of halogens is 1. The van der Waals surface area contributed by atoms with Crippen LogP contribution in [0.5, 0.6) is 11.5 Å². The third kappa shape index (κ3) is 4.86. The Morgan fingerprint density at radius 3 is 2.48 bits per heavy atom. The molecule has 5 nitrogen and oxygen atoms in total. The average molecular weight is 332 g/mol. The summed E-state index contributed by atoms with van der Waals surface area (Å²) in [6.07, 6.45) is 4.18. The van der Waals surface area contributed by atoms with Crippen LogP contribution in [0.15, 0.2) is 53.7 Å². The van der Waals surface area contributed by atoms with Gasteiger partial charge < -0.3 is 14.7 Å². The van der Waals surface area contributed by atoms with Crippen LogP contribution in [0.3, 0.4) is 0 Å². The van der Waals surface area contributed by atoms with E-state index in [1.54, 1.807) is 48.5 Å². The molecule has 0 unspecified atom stereocenters. The molecule has 0 aromatic heterocycles. The van der Waals surface area contributed by atoms with Gasteiger partial charge in [0.15, 0.2) is 11.5 Å². The predicted octanol–water partition coefficient (Wildman–Crippen LogP) is 3.78. The summed E-state index contributed by atoms with van der Waals surface area (Å²) in [5.74, 6) is 0.0887. The molecule has 2 rings (SSSR count). The highest BCUT2D eigenvalue weighted by Crippen LogP contribution is 2.27. The second-order valence-corrected chi connectivity index (χ2v) is 4.90. The summed E-state index contributed by atoms with van der Waals surface area (Å²) in [6, 6.07) is 11.8. The Kier molecular flexibility index (Phi) is 5.77. The molecule has 0 aliphatic rings. The van der Waals surface area contributed by atoms with E-state index in [1.165, 1.54) is 19.4 Å². The van der Waals surface area contributed by atoms with Gasteiger partial charge in [-0.25, -0.2) is 4.79 Å². The van der Waals surface area contributed by atoms with Crippen LogP contribution in [-0.2, 0) is 4.79 Å². The van der Waals surface area contributed by atoms with E-state index in [0.29, 0.717) is 16.3 Å². The normalized spacial score (nSPS) is 11.0. The molecule has 2 aromatic rings. The fourth-order valence-corrected chi connectivity index (χ4v) is 1.92. The number of benzene rings is 2. The Hall–Kier alpha value is -2.79. The molecular formula is C17H14ClNO4. The summed E-state index contributed by atoms with van der Waals surface area (Å²) in [7, 11) is 1.45. The minimum atomic E-state index is -0.540. The number of oxime groups is 1. The van der Waals surface area contributed by atoms with Crippen LogP contribution in [0, 0.1) is 0 Å². The molecule has 0 spiro atoms. The van der Waals surface area contributed by atoms with Crippen molar-refractivity contribution in [3.63, 3.8) is 0 Å². The summed E-state index contributed by atoms with van der Waals surface area (Å²) >= 11 is 5.80. The first-order valence-corrected chi connectivity index (χ1v) is 7.01. The van der Waals surface area contributed by atoms with E-state index in [4.69, 9.17) is 26.3 Å². The van der Waals surface area contributed by atoms with Gasteiger partial charge in [-0.05, 0) is 42.0 Å². The minimum absolute atomic E-state index is 0.272. The van der Waals surface area contributed by atoms with Crippen molar-refractivity contribution in [1.29, 1.82) is 0 Å². The van der Waals surface area contributed by atoms with Crippen LogP contribution in [0.2, 0.25) is 5.02 Å². The second-order valence-electron chi connectivity index (χ2n) is 4.46. The molecule has 0 aliphatic heterocycles. The van der Waals surface area contributed by atoms with Gasteiger partial charge in [-0.2, -0.15) is 0 Å². The van der Waals surface area contributed by atoms with Gasteiger partial charge in [-0.1, -0.05) is 28.9 Å². The van der Waals surface area contributed by atoms with Crippen molar-refractivity contribution in [2.24, 2.45) is 5.16 Å². The lowest BCUT2D eigenvalue weighted by Gasteiger charge is -2.08. The van der Waals surface area contributed by atoms with Crippen molar-refractivity contribution in [1.82, 2.24) is 0 Å². The zero-order valence-electron chi connectivity index (χ0n) is 12.3. The summed E-state index contributed by atoms with van der Waals surface area (Å²) in [6.45, 7) is 0. The first kappa shape index (κ1) is 16.6. The molecule has 1 N–H and O–H groups in total. The van der Waals surface area contributed by atoms with E-state index < -0.39 is 5.97 Å². The van der Waals surface area contributed by atoms with Gasteiger partial charge in [0.05, 0.1) is 13.3 Å². The van der Waals surface area contributed by atoms with Crippen LogP contribution in [0.1, 0.15) is 11.1 Å². The van der Waals surface area contributed by atoms with E-state index in [1.807, 2.05) is 0 Å². The molecule has 0 aliphatic carbocycles. The molecule has 0 amide bonds. The molecule has 0 radical (unpaired) electrons. The highest BCUT2D eigenvalue weighted by Gasteiger charge is 2.08. The smallest absolute Gasteiger partial charge is 0.336 e. The Labute approximate surface area is 138 Å². The number of hydrogen-bond donors (Lipinski definition) is 1. The van der Waals surface area contributed by atoms with Crippen molar-refractivity contribution in [2.75, 3.05) is 7.11 Å². The number of nitrogens with zero attached hydrogens (tertiary/aromatic N) is 1. The van der Waals surface area contributed by atoms with Gasteiger partial charge in [-0.15, -0.1) is 0 Å². The van der Waals surface area contributed by atoms with E-state index >= 15 is 0 Å². The highest BCUT2D eigenvalue weighted by molar-refractivity contribution is 6.30. The topological polar surface area (TPSA) is 68.1 Å². The first-order valence-electron chi connectivity index (χ1n) is 6.63. The Morgan fingerprint density at radius 1 is 1.13 bits per heavy atom. The fourth-order valence-electron chi connectivity index (χ4n) is 1.80. The minimum Gasteiger partial charge on any atom is -0.493 e. The highest BCUT2D eigenvalue weighted by atomic mass is 35.5. The standard InChI is InChI=1S/C17H14ClNO4/c1-22-16-10-13(11-19-21)4-8-15(16)23-17(20)9-5-12-2-6-14(18)7-3-12/h2-11,21H,1H3/b9-5+,19-11+. The lowest BCUT2D eigenvalue weighted by atomic mass is 10.2. The van der Waals surface area contributed by atoms with Gasteiger partial charge in [0.2, 0.25) is 0 Å². The molecule has 0 saturated heterocycles. The Morgan fingerprint density at radius 2 is 1.83 bits per heavy atom. The molecule has 0 heterocycles. The molecule has 6 heteroatoms. The third-order valence-electron chi connectivity index (χ3n) is 2.89. The van der Waals surface area contributed by atoms with Crippen LogP contribution in [0.4, 0.5) is 0 Å². The van der Waals surface area contributed by atoms with Crippen LogP contribution >= 0.6 is 11.6 Å². The maximum absolute atomic E-state index is 11.9. The van der Waals surface area contributed by atoms with Crippen LogP contribution in [0.25, 0.3) is 6.08 Å². The van der Waals surface area contributed by atoms with E-state index in [-0.39, 0.29) is 5.75 Å². The van der Waals surface area contributed by atoms with Gasteiger partial charge in [0.1, 0.15) is 0 Å². The first-order chi connectivity index (χ1) is 11.1. The van der Waals surface area contributed by atoms with Gasteiger partial charge in [-0.3, -0.25) is 0 Å². The Balaban J connectivity index is 2.09. The SMILES string of the molecule is COc1cc(/C=N/O)ccc1OC(=O)/C=C/c1ccc(Cl)cc1. The molecular weight excluding hydrogens is 318 g/mol. The molecule has 0 bridgehead atoms.